The summed E-state index contributed by atoms with van der Waals surface area (Å²) in [5, 5.41) is 3.54. The van der Waals surface area contributed by atoms with Crippen molar-refractivity contribution in [3.05, 3.63) is 35.9 Å². The Kier molecular flexibility index (Phi) is 7.94. The van der Waals surface area contributed by atoms with Crippen LogP contribution in [0.3, 0.4) is 0 Å². The molecule has 0 aromatic heterocycles. The van der Waals surface area contributed by atoms with Crippen molar-refractivity contribution >= 4 is 0 Å². The third-order valence-corrected chi connectivity index (χ3v) is 3.59. The number of likely N-dealkylation sites (N-methyl/N-ethyl adjacent to an activating group) is 1. The van der Waals surface area contributed by atoms with Crippen LogP contribution in [0.15, 0.2) is 30.3 Å². The standard InChI is InChI=1S/C18H32N2O/c1-6-20(7-2)17(16-11-9-8-10-12-16)15-19-13-14-21-18(3,4)5/h8-12,17,19H,6-7,13-15H2,1-5H3. The van der Waals surface area contributed by atoms with E-state index in [1.165, 1.54) is 5.56 Å². The first kappa shape index (κ1) is 18.1. The molecule has 3 heteroatoms. The summed E-state index contributed by atoms with van der Waals surface area (Å²) in [5.74, 6) is 0. The monoisotopic (exact) mass is 292 g/mol. The van der Waals surface area contributed by atoms with Crippen LogP contribution in [0.1, 0.15) is 46.2 Å². The molecule has 0 saturated heterocycles. The van der Waals surface area contributed by atoms with E-state index in [4.69, 9.17) is 4.74 Å². The lowest BCUT2D eigenvalue weighted by molar-refractivity contribution is -0.00126. The molecule has 1 aromatic carbocycles. The van der Waals surface area contributed by atoms with E-state index in [2.05, 4.69) is 75.2 Å². The van der Waals surface area contributed by atoms with Crippen LogP contribution in [0.4, 0.5) is 0 Å². The zero-order valence-electron chi connectivity index (χ0n) is 14.4. The molecule has 21 heavy (non-hydrogen) atoms. The Morgan fingerprint density at radius 1 is 1.10 bits per heavy atom. The molecule has 0 heterocycles. The van der Waals surface area contributed by atoms with Crippen molar-refractivity contribution in [2.45, 2.75) is 46.3 Å². The van der Waals surface area contributed by atoms with E-state index in [1.54, 1.807) is 0 Å². The summed E-state index contributed by atoms with van der Waals surface area (Å²) in [7, 11) is 0. The fourth-order valence-corrected chi connectivity index (χ4v) is 2.47. The SMILES string of the molecule is CCN(CC)C(CNCCOC(C)(C)C)c1ccccc1. The lowest BCUT2D eigenvalue weighted by atomic mass is 10.1. The molecule has 0 saturated carbocycles. The minimum atomic E-state index is -0.0562. The Morgan fingerprint density at radius 3 is 2.24 bits per heavy atom. The van der Waals surface area contributed by atoms with Gasteiger partial charge in [0.1, 0.15) is 0 Å². The maximum absolute atomic E-state index is 5.75. The average Bonchev–Trinajstić information content (AvgIpc) is 2.46. The van der Waals surface area contributed by atoms with Gasteiger partial charge in [0, 0.05) is 19.1 Å². The van der Waals surface area contributed by atoms with Crippen molar-refractivity contribution in [3.8, 4) is 0 Å². The molecule has 120 valence electrons. The molecular weight excluding hydrogens is 260 g/mol. The minimum absolute atomic E-state index is 0.0562. The Balaban J connectivity index is 2.51. The van der Waals surface area contributed by atoms with Gasteiger partial charge in [-0.05, 0) is 39.4 Å². The third-order valence-electron chi connectivity index (χ3n) is 3.59. The predicted octanol–water partition coefficient (Wildman–Crippen LogP) is 3.47. The molecule has 0 aliphatic rings. The van der Waals surface area contributed by atoms with Gasteiger partial charge in [-0.15, -0.1) is 0 Å². The number of rotatable bonds is 9. The molecule has 0 aliphatic carbocycles. The lowest BCUT2D eigenvalue weighted by Crippen LogP contribution is -2.37. The molecule has 0 aliphatic heterocycles. The van der Waals surface area contributed by atoms with Crippen LogP contribution in [0.2, 0.25) is 0 Å². The van der Waals surface area contributed by atoms with Crippen molar-refractivity contribution in [2.75, 3.05) is 32.8 Å². The van der Waals surface area contributed by atoms with Crippen LogP contribution in [0, 0.1) is 0 Å². The Morgan fingerprint density at radius 2 is 1.71 bits per heavy atom. The van der Waals surface area contributed by atoms with E-state index in [-0.39, 0.29) is 5.60 Å². The van der Waals surface area contributed by atoms with Crippen LogP contribution in [-0.2, 0) is 4.74 Å². The maximum Gasteiger partial charge on any atom is 0.0599 e. The largest absolute Gasteiger partial charge is 0.375 e. The molecule has 1 atom stereocenters. The number of nitrogens with zero attached hydrogens (tertiary/aromatic N) is 1. The van der Waals surface area contributed by atoms with E-state index in [1.807, 2.05) is 0 Å². The van der Waals surface area contributed by atoms with Crippen LogP contribution >= 0.6 is 0 Å². The third kappa shape index (κ3) is 7.07. The summed E-state index contributed by atoms with van der Waals surface area (Å²) >= 11 is 0. The van der Waals surface area contributed by atoms with Gasteiger partial charge in [-0.2, -0.15) is 0 Å². The summed E-state index contributed by atoms with van der Waals surface area (Å²) in [6.45, 7) is 15.5. The van der Waals surface area contributed by atoms with Gasteiger partial charge >= 0.3 is 0 Å². The van der Waals surface area contributed by atoms with E-state index < -0.39 is 0 Å². The molecule has 1 rings (SSSR count). The average molecular weight is 292 g/mol. The minimum Gasteiger partial charge on any atom is -0.375 e. The smallest absolute Gasteiger partial charge is 0.0599 e. The summed E-state index contributed by atoms with van der Waals surface area (Å²) in [6, 6.07) is 11.2. The normalized spacial score (nSPS) is 13.6. The fraction of sp³-hybridized carbons (Fsp3) is 0.667. The van der Waals surface area contributed by atoms with Gasteiger partial charge in [0.15, 0.2) is 0 Å². The summed E-state index contributed by atoms with van der Waals surface area (Å²) in [6.07, 6.45) is 0. The van der Waals surface area contributed by atoms with Crippen molar-refractivity contribution in [3.63, 3.8) is 0 Å². The molecule has 1 aromatic rings. The van der Waals surface area contributed by atoms with Gasteiger partial charge < -0.3 is 10.1 Å². The highest BCUT2D eigenvalue weighted by atomic mass is 16.5. The van der Waals surface area contributed by atoms with E-state index in [0.717, 1.165) is 32.8 Å². The molecule has 0 bridgehead atoms. The van der Waals surface area contributed by atoms with Crippen molar-refractivity contribution in [2.24, 2.45) is 0 Å². The maximum atomic E-state index is 5.75. The van der Waals surface area contributed by atoms with Crippen LogP contribution in [0.5, 0.6) is 0 Å². The second kappa shape index (κ2) is 9.19. The van der Waals surface area contributed by atoms with Crippen molar-refractivity contribution in [1.82, 2.24) is 10.2 Å². The van der Waals surface area contributed by atoms with Crippen LogP contribution in [0.25, 0.3) is 0 Å². The number of hydrogen-bond donors (Lipinski definition) is 1. The zero-order valence-corrected chi connectivity index (χ0v) is 14.4. The molecular formula is C18H32N2O. The Labute approximate surface area is 130 Å². The van der Waals surface area contributed by atoms with Gasteiger partial charge in [-0.3, -0.25) is 4.90 Å². The van der Waals surface area contributed by atoms with Crippen molar-refractivity contribution in [1.29, 1.82) is 0 Å². The summed E-state index contributed by atoms with van der Waals surface area (Å²) < 4.78 is 5.75. The molecule has 0 spiro atoms. The van der Waals surface area contributed by atoms with Gasteiger partial charge in [-0.25, -0.2) is 0 Å². The number of nitrogens with one attached hydrogen (secondary N) is 1. The highest BCUT2D eigenvalue weighted by Crippen LogP contribution is 2.19. The zero-order chi connectivity index (χ0) is 15.7. The first-order chi connectivity index (χ1) is 9.98. The molecule has 1 N–H and O–H groups in total. The predicted molar refractivity (Wildman–Crippen MR) is 90.7 cm³/mol. The van der Waals surface area contributed by atoms with Gasteiger partial charge in [0.2, 0.25) is 0 Å². The molecule has 0 fully saturated rings. The second-order valence-corrected chi connectivity index (χ2v) is 6.31. The van der Waals surface area contributed by atoms with E-state index in [0.29, 0.717) is 6.04 Å². The second-order valence-electron chi connectivity index (χ2n) is 6.31. The molecule has 0 radical (unpaired) electrons. The molecule has 0 amide bonds. The topological polar surface area (TPSA) is 24.5 Å². The van der Waals surface area contributed by atoms with Gasteiger partial charge in [-0.1, -0.05) is 44.2 Å². The Hall–Kier alpha value is -0.900. The fourth-order valence-electron chi connectivity index (χ4n) is 2.47. The highest BCUT2D eigenvalue weighted by molar-refractivity contribution is 5.19. The quantitative estimate of drug-likeness (QED) is 0.705. The first-order valence-corrected chi connectivity index (χ1v) is 8.11. The molecule has 1 unspecified atom stereocenters. The van der Waals surface area contributed by atoms with Crippen molar-refractivity contribution < 1.29 is 4.74 Å². The number of benzene rings is 1. The summed E-state index contributed by atoms with van der Waals surface area (Å²) in [4.78, 5) is 2.49. The van der Waals surface area contributed by atoms with Crippen LogP contribution < -0.4 is 5.32 Å². The first-order valence-electron chi connectivity index (χ1n) is 8.11. The lowest BCUT2D eigenvalue weighted by Gasteiger charge is -2.30. The number of ether oxygens (including phenoxy) is 1. The summed E-state index contributed by atoms with van der Waals surface area (Å²) in [5.41, 5.74) is 1.32. The van der Waals surface area contributed by atoms with E-state index >= 15 is 0 Å². The van der Waals surface area contributed by atoms with Gasteiger partial charge in [0.25, 0.3) is 0 Å². The number of hydrogen-bond acceptors (Lipinski definition) is 3. The molecule has 3 nitrogen and oxygen atoms in total. The van der Waals surface area contributed by atoms with Gasteiger partial charge in [0.05, 0.1) is 12.2 Å². The Bertz CT molecular complexity index is 369. The highest BCUT2D eigenvalue weighted by Gasteiger charge is 2.17. The van der Waals surface area contributed by atoms with E-state index in [9.17, 15) is 0 Å². The van der Waals surface area contributed by atoms with Crippen LogP contribution in [-0.4, -0.2) is 43.3 Å².